The number of fused-ring (bicyclic) bond motifs is 3. The molecule has 0 bridgehead atoms. The molecule has 3 saturated carbocycles. The molecule has 2 amide bonds. The molecule has 12 N–H and O–H groups in total. The third-order valence-corrected chi connectivity index (χ3v) is 21.7. The van der Waals surface area contributed by atoms with E-state index in [4.69, 9.17) is 55.2 Å². The average Bonchev–Trinajstić information content (AvgIpc) is 1.64. The number of hydrogen-bond acceptors (Lipinski definition) is 22. The number of imidazole rings is 3. The first-order valence-corrected chi connectivity index (χ1v) is 43.1. The summed E-state index contributed by atoms with van der Waals surface area (Å²) in [6.07, 6.45) is 16.1. The van der Waals surface area contributed by atoms with Crippen molar-refractivity contribution in [3.05, 3.63) is 203 Å². The lowest BCUT2D eigenvalue weighted by Crippen LogP contribution is -2.42. The average molecular weight is 1740 g/mol. The van der Waals surface area contributed by atoms with Crippen LogP contribution in [-0.4, -0.2) is 135 Å². The summed E-state index contributed by atoms with van der Waals surface area (Å²) in [6.45, 7) is 25.9. The number of nitrogens with two attached hydrogens (primary N) is 1. The quantitative estimate of drug-likeness (QED) is 0.0209. The topological polar surface area (TPSA) is 346 Å². The van der Waals surface area contributed by atoms with Crippen LogP contribution in [0.5, 0.6) is 0 Å². The standard InChI is InChI=1S/C32H41N7O2.C27H33N7.C26H36IN7O2.C6H7BO2/c1-21(2)39-20-34-27-28(33-19-22-10-9-13-24(18-22)23-11-7-6-8-12-23)37-30(38-29(27)39)35-25-14-16-26(17-15-25)36-31(40)41-32(3,4)5;1-18(2)34-17-30-24-25(32-27(33-26(24)34)31-23-13-11-22(28)12-14-23)29-16-19-7-6-10-21(15-19)20-8-4-3-5-9-20;1-16(2)34-15-29-21-22(28-14-17-7-6-8-18(27)13-17)32-24(33-23(21)34)30-19-9-11-20(12-10-19)31-25(35)36-26(3,4)5;8-7(9)6-4-2-1-3-5-6/h6-13,18,20-21,25-26H,14-17,19H2,1-5H3,(H,36,40)(H2,33,35,37,38);3-10,15,17-18,22-23H,11-14,16,28H2,1-2H3,(H2,29,31,32,33);6-8,13,15-16,19-20H,9-12,14H2,1-5H3,(H,31,35)(H2,28,30,32,33);1-5,8-9H. The zero-order chi connectivity index (χ0) is 85.0. The summed E-state index contributed by atoms with van der Waals surface area (Å²) >= 11 is 2.32. The minimum Gasteiger partial charge on any atom is -0.444 e. The predicted molar refractivity (Wildman–Crippen MR) is 490 cm³/mol. The molecule has 120 heavy (non-hydrogen) atoms. The van der Waals surface area contributed by atoms with Crippen LogP contribution in [0.1, 0.15) is 195 Å². The highest BCUT2D eigenvalue weighted by Crippen LogP contribution is 2.33. The number of alkyl carbamates (subject to hydrolysis) is 2. The molecule has 3 aliphatic rings. The van der Waals surface area contributed by atoms with Crippen LogP contribution in [0.2, 0.25) is 0 Å². The summed E-state index contributed by atoms with van der Waals surface area (Å²) in [5, 5.41) is 44.4. The van der Waals surface area contributed by atoms with E-state index in [1.54, 1.807) is 24.3 Å². The summed E-state index contributed by atoms with van der Waals surface area (Å²) in [5.74, 6) is 4.02. The van der Waals surface area contributed by atoms with Crippen LogP contribution in [0.25, 0.3) is 55.7 Å². The molecule has 0 saturated heterocycles. The molecule has 15 rings (SSSR count). The van der Waals surface area contributed by atoms with Crippen LogP contribution in [-0.2, 0) is 29.1 Å². The summed E-state index contributed by atoms with van der Waals surface area (Å²) in [4.78, 5) is 67.3. The Hall–Kier alpha value is -11.0. The Labute approximate surface area is 718 Å². The van der Waals surface area contributed by atoms with Crippen molar-refractivity contribution in [3.63, 3.8) is 0 Å². The molecule has 0 spiro atoms. The van der Waals surface area contributed by atoms with Gasteiger partial charge in [-0.2, -0.15) is 29.9 Å². The number of ether oxygens (including phenoxy) is 2. The van der Waals surface area contributed by atoms with Gasteiger partial charge in [-0.1, -0.05) is 140 Å². The van der Waals surface area contributed by atoms with Gasteiger partial charge in [-0.3, -0.25) is 0 Å². The molecule has 6 aromatic carbocycles. The number of hydrogen-bond donors (Lipinski definition) is 11. The Kier molecular flexibility index (Phi) is 30.4. The van der Waals surface area contributed by atoms with Gasteiger partial charge in [0.2, 0.25) is 17.8 Å². The maximum absolute atomic E-state index is 12.2. The number of anilines is 6. The van der Waals surface area contributed by atoms with Gasteiger partial charge in [0.15, 0.2) is 50.9 Å². The largest absolute Gasteiger partial charge is 0.488 e. The van der Waals surface area contributed by atoms with E-state index in [0.29, 0.717) is 60.8 Å². The number of carbonyl (C=O) groups excluding carboxylic acids is 2. The third kappa shape index (κ3) is 25.5. The number of benzene rings is 6. The van der Waals surface area contributed by atoms with Crippen LogP contribution in [0.4, 0.5) is 44.9 Å². The number of nitrogens with one attached hydrogen (secondary N) is 8. The van der Waals surface area contributed by atoms with Gasteiger partial charge < -0.3 is 81.5 Å². The highest BCUT2D eigenvalue weighted by molar-refractivity contribution is 14.1. The van der Waals surface area contributed by atoms with Gasteiger partial charge in [-0.15, -0.1) is 0 Å². The van der Waals surface area contributed by atoms with Crippen molar-refractivity contribution in [1.29, 1.82) is 0 Å². The van der Waals surface area contributed by atoms with E-state index in [1.807, 2.05) is 78.7 Å². The molecule has 27 nitrogen and oxygen atoms in total. The van der Waals surface area contributed by atoms with Crippen molar-refractivity contribution in [2.45, 2.75) is 245 Å². The lowest BCUT2D eigenvalue weighted by molar-refractivity contribution is 0.0480. The van der Waals surface area contributed by atoms with Gasteiger partial charge in [0, 0.05) is 77.6 Å². The molecule has 0 unspecified atom stereocenters. The van der Waals surface area contributed by atoms with Gasteiger partial charge >= 0.3 is 19.3 Å². The minimum absolute atomic E-state index is 0.109. The zero-order valence-electron chi connectivity index (χ0n) is 71.0. The normalized spacial score (nSPS) is 17.3. The van der Waals surface area contributed by atoms with Gasteiger partial charge in [-0.05, 0) is 251 Å². The summed E-state index contributed by atoms with van der Waals surface area (Å²) < 4.78 is 18.3. The molecule has 632 valence electrons. The van der Waals surface area contributed by atoms with Gasteiger partial charge in [0.05, 0.1) is 19.0 Å². The van der Waals surface area contributed by atoms with Crippen LogP contribution in [0, 0.1) is 3.57 Å². The molecular formula is C91H117BIN21O6. The lowest BCUT2D eigenvalue weighted by atomic mass is 9.81. The van der Waals surface area contributed by atoms with E-state index < -0.39 is 18.3 Å². The molecular weight excluding hydrogens is 1620 g/mol. The smallest absolute Gasteiger partial charge is 0.444 e. The summed E-state index contributed by atoms with van der Waals surface area (Å²) in [6, 6.07) is 57.1. The first-order chi connectivity index (χ1) is 57.6. The second-order valence-electron chi connectivity index (χ2n) is 34.0. The predicted octanol–water partition coefficient (Wildman–Crippen LogP) is 17.5. The number of carbonyl (C=O) groups is 2. The highest BCUT2D eigenvalue weighted by atomic mass is 127. The maximum Gasteiger partial charge on any atom is 0.488 e. The fraction of sp³-hybridized carbons (Fsp3) is 0.418. The number of nitrogens with zero attached hydrogens (tertiary/aromatic N) is 12. The molecule has 0 radical (unpaired) electrons. The molecule has 3 fully saturated rings. The van der Waals surface area contributed by atoms with E-state index in [-0.39, 0.29) is 54.5 Å². The van der Waals surface area contributed by atoms with E-state index in [9.17, 15) is 9.59 Å². The van der Waals surface area contributed by atoms with Crippen molar-refractivity contribution in [3.8, 4) is 22.3 Å². The Morgan fingerprint density at radius 3 is 1.05 bits per heavy atom. The van der Waals surface area contributed by atoms with Crippen molar-refractivity contribution in [2.75, 3.05) is 31.9 Å². The molecule has 0 aliphatic heterocycles. The molecule has 6 aromatic heterocycles. The zero-order valence-corrected chi connectivity index (χ0v) is 73.2. The van der Waals surface area contributed by atoms with E-state index >= 15 is 0 Å². The van der Waals surface area contributed by atoms with E-state index in [0.717, 1.165) is 128 Å². The molecule has 29 heteroatoms. The number of amides is 2. The van der Waals surface area contributed by atoms with Crippen LogP contribution < -0.4 is 53.7 Å². The second kappa shape index (κ2) is 41.3. The van der Waals surface area contributed by atoms with E-state index in [1.165, 1.54) is 37.0 Å². The van der Waals surface area contributed by atoms with E-state index in [2.05, 4.69) is 257 Å². The molecule has 6 heterocycles. The first-order valence-electron chi connectivity index (χ1n) is 42.0. The Bertz CT molecular complexity index is 5290. The molecule has 12 aromatic rings. The highest BCUT2D eigenvalue weighted by Gasteiger charge is 2.30. The van der Waals surface area contributed by atoms with Gasteiger partial charge in [0.25, 0.3) is 0 Å². The minimum atomic E-state index is -1.34. The molecule has 3 aliphatic carbocycles. The van der Waals surface area contributed by atoms with Crippen LogP contribution in [0.3, 0.4) is 0 Å². The van der Waals surface area contributed by atoms with Gasteiger partial charge in [0.1, 0.15) is 11.2 Å². The third-order valence-electron chi connectivity index (χ3n) is 21.0. The Morgan fingerprint density at radius 2 is 0.733 bits per heavy atom. The lowest BCUT2D eigenvalue weighted by Gasteiger charge is -2.30. The Morgan fingerprint density at radius 1 is 0.425 bits per heavy atom. The van der Waals surface area contributed by atoms with Crippen molar-refractivity contribution in [1.82, 2.24) is 69.2 Å². The molecule has 0 atom stereocenters. The monoisotopic (exact) mass is 1740 g/mol. The van der Waals surface area contributed by atoms with Crippen LogP contribution in [0.15, 0.2) is 183 Å². The van der Waals surface area contributed by atoms with Crippen LogP contribution >= 0.6 is 22.6 Å². The Balaban J connectivity index is 0.000000157. The number of rotatable bonds is 23. The fourth-order valence-electron chi connectivity index (χ4n) is 14.8. The maximum atomic E-state index is 12.2. The fourth-order valence-corrected chi connectivity index (χ4v) is 15.4. The first kappa shape index (κ1) is 88.3. The summed E-state index contributed by atoms with van der Waals surface area (Å²) in [7, 11) is -1.34. The SMILES string of the molecule is CC(C)n1cnc2c(NCc3cccc(-c4ccccc4)c3)nc(NC3CCC(N)CC3)nc21.CC(C)n1cnc2c(NCc3cccc(-c4ccccc4)c3)nc(NC3CCC(NC(=O)OC(C)(C)C)CC3)nc21.CC(C)n1cnc2c(NCc3cccc(I)c3)nc(NC3CCC(NC(=O)OC(C)(C)C)CC3)nc21.OB(O)c1ccccc1. The summed E-state index contributed by atoms with van der Waals surface area (Å²) in [5.41, 5.74) is 18.7. The van der Waals surface area contributed by atoms with Gasteiger partial charge in [-0.25, -0.2) is 24.5 Å². The van der Waals surface area contributed by atoms with Crippen molar-refractivity contribution < 1.29 is 29.1 Å². The number of aromatic nitrogens is 12. The van der Waals surface area contributed by atoms with Crippen molar-refractivity contribution in [2.24, 2.45) is 5.73 Å². The second-order valence-corrected chi connectivity index (χ2v) is 35.2. The number of halogens is 1. The van der Waals surface area contributed by atoms with Crippen molar-refractivity contribution >= 4 is 116 Å².